The van der Waals surface area contributed by atoms with Gasteiger partial charge in [-0.3, -0.25) is 4.68 Å². The highest BCUT2D eigenvalue weighted by Crippen LogP contribution is 2.28. The second-order valence-corrected chi connectivity index (χ2v) is 5.01. The van der Waals surface area contributed by atoms with Crippen molar-refractivity contribution in [2.24, 2.45) is 0 Å². The van der Waals surface area contributed by atoms with E-state index in [9.17, 15) is 5.11 Å². The first-order valence-electron chi connectivity index (χ1n) is 6.65. The van der Waals surface area contributed by atoms with Gasteiger partial charge in [-0.15, -0.1) is 0 Å². The van der Waals surface area contributed by atoms with Gasteiger partial charge in [-0.25, -0.2) is 0 Å². The zero-order valence-electron chi connectivity index (χ0n) is 11.3. The Hall–Kier alpha value is -1.32. The fourth-order valence-corrected chi connectivity index (χ4v) is 2.37. The second kappa shape index (κ2) is 6.22. The summed E-state index contributed by atoms with van der Waals surface area (Å²) in [5, 5.41) is 15.2. The number of nitrogens with zero attached hydrogens (tertiary/aromatic N) is 2. The van der Waals surface area contributed by atoms with Crippen LogP contribution in [0.3, 0.4) is 0 Å². The molecule has 102 valence electrons. The molecule has 2 rings (SSSR count). The van der Waals surface area contributed by atoms with Gasteiger partial charge in [0.1, 0.15) is 6.10 Å². The van der Waals surface area contributed by atoms with E-state index in [-0.39, 0.29) is 0 Å². The van der Waals surface area contributed by atoms with Crippen LogP contribution in [0.4, 0.5) is 0 Å². The summed E-state index contributed by atoms with van der Waals surface area (Å²) in [5.74, 6) is 0. The molecule has 0 saturated heterocycles. The fraction of sp³-hybridized carbons (Fsp3) is 0.400. The summed E-state index contributed by atoms with van der Waals surface area (Å²) in [7, 11) is 0. The maximum absolute atomic E-state index is 10.5. The van der Waals surface area contributed by atoms with Crippen molar-refractivity contribution < 1.29 is 5.11 Å². The molecule has 0 aliphatic carbocycles. The maximum Gasteiger partial charge on any atom is 0.122 e. The molecule has 0 fully saturated rings. The van der Waals surface area contributed by atoms with Crippen LogP contribution in [-0.4, -0.2) is 14.9 Å². The smallest absolute Gasteiger partial charge is 0.122 e. The molecule has 3 nitrogen and oxygen atoms in total. The number of rotatable bonds is 5. The monoisotopic (exact) mass is 278 g/mol. The Kier molecular flexibility index (Phi) is 4.61. The highest BCUT2D eigenvalue weighted by atomic mass is 35.5. The summed E-state index contributed by atoms with van der Waals surface area (Å²) in [6.07, 6.45) is 2.81. The summed E-state index contributed by atoms with van der Waals surface area (Å²) in [4.78, 5) is 0. The minimum Gasteiger partial charge on any atom is -0.382 e. The molecule has 1 aromatic heterocycles. The number of aliphatic hydroxyl groups is 1. The lowest BCUT2D eigenvalue weighted by molar-refractivity contribution is 0.207. The Morgan fingerprint density at radius 3 is 2.53 bits per heavy atom. The summed E-state index contributed by atoms with van der Waals surface area (Å²) < 4.78 is 1.78. The fourth-order valence-electron chi connectivity index (χ4n) is 2.13. The summed E-state index contributed by atoms with van der Waals surface area (Å²) in [6, 6.07) is 7.96. The first-order chi connectivity index (χ1) is 9.17. The average Bonchev–Trinajstić information content (AvgIpc) is 2.80. The van der Waals surface area contributed by atoms with Crippen molar-refractivity contribution in [1.82, 2.24) is 9.78 Å². The molecule has 1 atom stereocenters. The molecule has 0 aliphatic heterocycles. The molecule has 1 heterocycles. The van der Waals surface area contributed by atoms with E-state index in [0.29, 0.717) is 10.7 Å². The predicted octanol–water partition coefficient (Wildman–Crippen LogP) is 3.59. The van der Waals surface area contributed by atoms with Crippen LogP contribution in [0.15, 0.2) is 30.5 Å². The van der Waals surface area contributed by atoms with Crippen molar-refractivity contribution >= 4 is 11.6 Å². The molecule has 19 heavy (non-hydrogen) atoms. The molecule has 4 heteroatoms. The minimum absolute atomic E-state index is 0.514. The molecule has 0 bridgehead atoms. The van der Waals surface area contributed by atoms with E-state index in [4.69, 9.17) is 11.6 Å². The van der Waals surface area contributed by atoms with Crippen molar-refractivity contribution in [2.45, 2.75) is 39.3 Å². The van der Waals surface area contributed by atoms with E-state index in [0.717, 1.165) is 24.9 Å². The molecule has 0 aliphatic rings. The van der Waals surface area contributed by atoms with Gasteiger partial charge < -0.3 is 5.11 Å². The van der Waals surface area contributed by atoms with Gasteiger partial charge in [0, 0.05) is 6.54 Å². The van der Waals surface area contributed by atoms with Gasteiger partial charge in [0.15, 0.2) is 0 Å². The number of halogens is 1. The highest BCUT2D eigenvalue weighted by Gasteiger charge is 2.19. The first kappa shape index (κ1) is 14.1. The van der Waals surface area contributed by atoms with Crippen LogP contribution in [0.5, 0.6) is 0 Å². The van der Waals surface area contributed by atoms with Crippen LogP contribution in [0.2, 0.25) is 5.02 Å². The van der Waals surface area contributed by atoms with E-state index < -0.39 is 6.10 Å². The number of benzene rings is 1. The third-order valence-electron chi connectivity index (χ3n) is 3.23. The molecular formula is C15H19ClN2O. The standard InChI is InChI=1S/C15H19ClN2O/c1-3-9-18-14(13(16)10-17-18)15(19)12-7-5-11(4-2)6-8-12/h5-8,10,15,19H,3-4,9H2,1-2H3. The summed E-state index contributed by atoms with van der Waals surface area (Å²) in [5.41, 5.74) is 2.77. The lowest BCUT2D eigenvalue weighted by atomic mass is 10.0. The predicted molar refractivity (Wildman–Crippen MR) is 77.4 cm³/mol. The van der Waals surface area contributed by atoms with Gasteiger partial charge in [0.25, 0.3) is 0 Å². The Morgan fingerprint density at radius 1 is 1.26 bits per heavy atom. The van der Waals surface area contributed by atoms with Gasteiger partial charge in [0.05, 0.1) is 16.9 Å². The molecule has 1 N–H and O–H groups in total. The van der Waals surface area contributed by atoms with E-state index in [1.165, 1.54) is 5.56 Å². The lowest BCUT2D eigenvalue weighted by Crippen LogP contribution is -2.10. The largest absolute Gasteiger partial charge is 0.382 e. The molecule has 0 amide bonds. The third-order valence-corrected chi connectivity index (χ3v) is 3.52. The number of aromatic nitrogens is 2. The normalized spacial score (nSPS) is 12.6. The Morgan fingerprint density at radius 2 is 1.95 bits per heavy atom. The van der Waals surface area contributed by atoms with Gasteiger partial charge in [0.2, 0.25) is 0 Å². The van der Waals surface area contributed by atoms with Crippen LogP contribution >= 0.6 is 11.6 Å². The summed E-state index contributed by atoms with van der Waals surface area (Å²) >= 11 is 6.14. The van der Waals surface area contributed by atoms with Gasteiger partial charge in [-0.2, -0.15) is 5.10 Å². The Labute approximate surface area is 118 Å². The number of aliphatic hydroxyl groups excluding tert-OH is 1. The van der Waals surface area contributed by atoms with Crippen LogP contribution in [-0.2, 0) is 13.0 Å². The van der Waals surface area contributed by atoms with Crippen LogP contribution < -0.4 is 0 Å². The SMILES string of the molecule is CCCn1ncc(Cl)c1C(O)c1ccc(CC)cc1. The highest BCUT2D eigenvalue weighted by molar-refractivity contribution is 6.31. The van der Waals surface area contributed by atoms with Crippen molar-refractivity contribution in [3.05, 3.63) is 52.3 Å². The quantitative estimate of drug-likeness (QED) is 0.908. The molecular weight excluding hydrogens is 260 g/mol. The summed E-state index contributed by atoms with van der Waals surface area (Å²) in [6.45, 7) is 4.94. The van der Waals surface area contributed by atoms with Crippen LogP contribution in [0, 0.1) is 0 Å². The molecule has 2 aromatic rings. The van der Waals surface area contributed by atoms with Crippen molar-refractivity contribution in [3.63, 3.8) is 0 Å². The molecule has 1 aromatic carbocycles. The lowest BCUT2D eigenvalue weighted by Gasteiger charge is -2.14. The molecule has 0 spiro atoms. The van der Waals surface area contributed by atoms with E-state index in [1.54, 1.807) is 10.9 Å². The zero-order valence-corrected chi connectivity index (χ0v) is 12.1. The van der Waals surface area contributed by atoms with Crippen LogP contribution in [0.1, 0.15) is 43.2 Å². The van der Waals surface area contributed by atoms with Crippen LogP contribution in [0.25, 0.3) is 0 Å². The minimum atomic E-state index is -0.729. The van der Waals surface area contributed by atoms with Crippen molar-refractivity contribution in [2.75, 3.05) is 0 Å². The third kappa shape index (κ3) is 2.99. The zero-order chi connectivity index (χ0) is 13.8. The van der Waals surface area contributed by atoms with E-state index in [2.05, 4.69) is 18.9 Å². The molecule has 0 saturated carbocycles. The molecule has 0 radical (unpaired) electrons. The van der Waals surface area contributed by atoms with E-state index >= 15 is 0 Å². The molecule has 1 unspecified atom stereocenters. The Balaban J connectivity index is 2.31. The number of hydrogen-bond donors (Lipinski definition) is 1. The van der Waals surface area contributed by atoms with Crippen molar-refractivity contribution in [3.8, 4) is 0 Å². The average molecular weight is 279 g/mol. The maximum atomic E-state index is 10.5. The van der Waals surface area contributed by atoms with Gasteiger partial charge in [-0.1, -0.05) is 49.7 Å². The topological polar surface area (TPSA) is 38.0 Å². The van der Waals surface area contributed by atoms with Crippen molar-refractivity contribution in [1.29, 1.82) is 0 Å². The Bertz CT molecular complexity index is 534. The number of aryl methyl sites for hydroxylation is 2. The first-order valence-corrected chi connectivity index (χ1v) is 7.03. The van der Waals surface area contributed by atoms with E-state index in [1.807, 2.05) is 24.3 Å². The second-order valence-electron chi connectivity index (χ2n) is 4.60. The van der Waals surface area contributed by atoms with Gasteiger partial charge >= 0.3 is 0 Å². The number of hydrogen-bond acceptors (Lipinski definition) is 2. The van der Waals surface area contributed by atoms with Gasteiger partial charge in [-0.05, 0) is 24.0 Å².